The highest BCUT2D eigenvalue weighted by molar-refractivity contribution is 7.91. The van der Waals surface area contributed by atoms with E-state index in [1.54, 1.807) is 13.8 Å². The second-order valence-electron chi connectivity index (χ2n) is 6.34. The summed E-state index contributed by atoms with van der Waals surface area (Å²) in [4.78, 5) is 10.6. The van der Waals surface area contributed by atoms with Crippen LogP contribution in [-0.2, 0) is 19.3 Å². The Morgan fingerprint density at radius 3 is 2.74 bits per heavy atom. The molecule has 1 unspecified atom stereocenters. The zero-order valence-electron chi connectivity index (χ0n) is 13.4. The first-order valence-electron chi connectivity index (χ1n) is 7.46. The fraction of sp³-hybridized carbons (Fsp3) is 0.714. The second kappa shape index (κ2) is 5.75. The van der Waals surface area contributed by atoms with Crippen LogP contribution >= 0.6 is 11.6 Å². The van der Waals surface area contributed by atoms with Crippen LogP contribution in [0.5, 0.6) is 5.75 Å². The third-order valence-electron chi connectivity index (χ3n) is 4.51. The minimum Gasteiger partial charge on any atom is -0.488 e. The smallest absolute Gasteiger partial charge is 0.224 e. The predicted molar refractivity (Wildman–Crippen MR) is 87.0 cm³/mol. The van der Waals surface area contributed by atoms with E-state index >= 15 is 0 Å². The van der Waals surface area contributed by atoms with Gasteiger partial charge in [0.2, 0.25) is 5.28 Å². The number of aromatic nitrogens is 2. The monoisotopic (exact) mass is 361 g/mol. The molecule has 0 saturated carbocycles. The molecule has 2 aliphatic rings. The van der Waals surface area contributed by atoms with E-state index in [1.807, 2.05) is 0 Å². The summed E-state index contributed by atoms with van der Waals surface area (Å²) < 4.78 is 34.6. The van der Waals surface area contributed by atoms with Crippen LogP contribution in [0, 0.1) is 0 Å². The molecule has 0 N–H and O–H groups in total. The third kappa shape index (κ3) is 2.88. The number of hydrogen-bond donors (Lipinski definition) is 0. The van der Waals surface area contributed by atoms with Crippen molar-refractivity contribution in [1.82, 2.24) is 9.97 Å². The van der Waals surface area contributed by atoms with Gasteiger partial charge in [0, 0.05) is 19.2 Å². The molecule has 2 aliphatic heterocycles. The molecule has 0 radical (unpaired) electrons. The molecule has 3 rings (SSSR count). The number of anilines is 1. The van der Waals surface area contributed by atoms with Gasteiger partial charge in [-0.05, 0) is 25.4 Å². The Morgan fingerprint density at radius 2 is 2.04 bits per heavy atom. The summed E-state index contributed by atoms with van der Waals surface area (Å²) in [6, 6.07) is 0.144. The number of nitrogens with zero attached hydrogens (tertiary/aromatic N) is 3. The molecular formula is C14H20ClN3O4S. The van der Waals surface area contributed by atoms with Crippen molar-refractivity contribution in [3.63, 3.8) is 0 Å². The van der Waals surface area contributed by atoms with Crippen LogP contribution in [0.3, 0.4) is 0 Å². The zero-order chi connectivity index (χ0) is 16.8. The number of ether oxygens (including phenoxy) is 2. The first kappa shape index (κ1) is 16.7. The first-order chi connectivity index (χ1) is 10.7. The fourth-order valence-electron chi connectivity index (χ4n) is 2.79. The van der Waals surface area contributed by atoms with Crippen molar-refractivity contribution >= 4 is 27.3 Å². The number of halogens is 1. The van der Waals surface area contributed by atoms with Crippen LogP contribution in [0.4, 0.5) is 5.82 Å². The summed E-state index contributed by atoms with van der Waals surface area (Å²) in [5.41, 5.74) is 0.308. The van der Waals surface area contributed by atoms with Gasteiger partial charge in [-0.1, -0.05) is 0 Å². The van der Waals surface area contributed by atoms with Gasteiger partial charge in [0.25, 0.3) is 0 Å². The third-order valence-corrected chi connectivity index (χ3v) is 6.73. The van der Waals surface area contributed by atoms with Crippen molar-refractivity contribution in [2.24, 2.45) is 0 Å². The van der Waals surface area contributed by atoms with Crippen molar-refractivity contribution in [1.29, 1.82) is 0 Å². The lowest BCUT2D eigenvalue weighted by Crippen LogP contribution is -2.45. The van der Waals surface area contributed by atoms with Crippen molar-refractivity contribution in [2.75, 3.05) is 37.5 Å². The average molecular weight is 362 g/mol. The number of rotatable bonds is 2. The fourth-order valence-corrected chi connectivity index (χ4v) is 3.45. The molecule has 1 aromatic heterocycles. The molecule has 0 aromatic carbocycles. The molecule has 0 spiro atoms. The van der Waals surface area contributed by atoms with E-state index in [0.29, 0.717) is 43.6 Å². The van der Waals surface area contributed by atoms with E-state index in [0.717, 1.165) is 6.42 Å². The maximum Gasteiger partial charge on any atom is 0.224 e. The molecule has 1 saturated heterocycles. The van der Waals surface area contributed by atoms with Crippen LogP contribution in [0.15, 0.2) is 0 Å². The predicted octanol–water partition coefficient (Wildman–Crippen LogP) is 1.40. The Balaban J connectivity index is 2.19. The highest BCUT2D eigenvalue weighted by atomic mass is 35.5. The highest BCUT2D eigenvalue weighted by Gasteiger charge is 2.41. The molecule has 9 heteroatoms. The molecule has 0 amide bonds. The topological polar surface area (TPSA) is 81.6 Å². The van der Waals surface area contributed by atoms with Gasteiger partial charge in [-0.25, -0.2) is 13.4 Å². The van der Waals surface area contributed by atoms with Crippen molar-refractivity contribution in [3.8, 4) is 5.75 Å². The summed E-state index contributed by atoms with van der Waals surface area (Å²) >= 11 is 6.09. The molecule has 1 fully saturated rings. The summed E-state index contributed by atoms with van der Waals surface area (Å²) in [5, 5.41) is 0.0196. The Labute approximate surface area is 140 Å². The minimum atomic E-state index is -3.42. The van der Waals surface area contributed by atoms with Crippen LogP contribution in [-0.4, -0.2) is 57.0 Å². The molecule has 3 heterocycles. The first-order valence-corrected chi connectivity index (χ1v) is 9.73. The lowest BCUT2D eigenvalue weighted by molar-refractivity contribution is 0.0894. The van der Waals surface area contributed by atoms with Gasteiger partial charge >= 0.3 is 0 Å². The molecule has 1 atom stereocenters. The minimum absolute atomic E-state index is 0.0196. The van der Waals surface area contributed by atoms with E-state index < -0.39 is 14.6 Å². The molecule has 23 heavy (non-hydrogen) atoms. The molecule has 1 aromatic rings. The lowest BCUT2D eigenvalue weighted by atomic mass is 10.1. The SMILES string of the molecule is CC(C)(c1nc(Cl)nc2c1OCCC1COCCN21)S(C)(=O)=O. The van der Waals surface area contributed by atoms with E-state index in [-0.39, 0.29) is 11.3 Å². The van der Waals surface area contributed by atoms with Crippen LogP contribution in [0.2, 0.25) is 5.28 Å². The van der Waals surface area contributed by atoms with Gasteiger partial charge in [0.1, 0.15) is 10.4 Å². The van der Waals surface area contributed by atoms with Gasteiger partial charge < -0.3 is 14.4 Å². The molecule has 7 nitrogen and oxygen atoms in total. The second-order valence-corrected chi connectivity index (χ2v) is 9.24. The van der Waals surface area contributed by atoms with Gasteiger partial charge in [-0.2, -0.15) is 4.98 Å². The van der Waals surface area contributed by atoms with Crippen LogP contribution in [0.25, 0.3) is 0 Å². The number of fused-ring (bicyclic) bond motifs is 3. The van der Waals surface area contributed by atoms with Crippen LogP contribution < -0.4 is 9.64 Å². The van der Waals surface area contributed by atoms with Gasteiger partial charge in [-0.15, -0.1) is 0 Å². The van der Waals surface area contributed by atoms with Gasteiger partial charge in [0.15, 0.2) is 21.4 Å². The van der Waals surface area contributed by atoms with E-state index in [2.05, 4.69) is 14.9 Å². The maximum atomic E-state index is 12.2. The Hall–Kier alpha value is -1.12. The van der Waals surface area contributed by atoms with E-state index in [4.69, 9.17) is 21.1 Å². The molecule has 128 valence electrons. The van der Waals surface area contributed by atoms with E-state index in [9.17, 15) is 8.42 Å². The largest absolute Gasteiger partial charge is 0.488 e. The maximum absolute atomic E-state index is 12.2. The summed E-state index contributed by atoms with van der Waals surface area (Å²) in [6.45, 7) is 5.50. The molecular weight excluding hydrogens is 342 g/mol. The number of sulfone groups is 1. The van der Waals surface area contributed by atoms with E-state index in [1.165, 1.54) is 6.26 Å². The highest BCUT2D eigenvalue weighted by Crippen LogP contribution is 2.42. The average Bonchev–Trinajstić information content (AvgIpc) is 2.65. The number of morpholine rings is 1. The van der Waals surface area contributed by atoms with Gasteiger partial charge in [0.05, 0.1) is 25.9 Å². The van der Waals surface area contributed by atoms with Crippen molar-refractivity contribution in [3.05, 3.63) is 11.0 Å². The quantitative estimate of drug-likeness (QED) is 0.736. The Bertz CT molecular complexity index is 723. The van der Waals surface area contributed by atoms with Crippen molar-refractivity contribution in [2.45, 2.75) is 31.1 Å². The molecule has 0 bridgehead atoms. The standard InChI is InChI=1S/C14H20ClN3O4S/c1-14(2,23(3,19)20)11-10-12(17-13(15)16-11)18-5-7-21-8-9(18)4-6-22-10/h9H,4-8H2,1-3H3. The Kier molecular flexibility index (Phi) is 4.18. The zero-order valence-corrected chi connectivity index (χ0v) is 14.9. The van der Waals surface area contributed by atoms with Gasteiger partial charge in [-0.3, -0.25) is 0 Å². The normalized spacial score (nSPS) is 21.9. The van der Waals surface area contributed by atoms with Crippen molar-refractivity contribution < 1.29 is 17.9 Å². The van der Waals surface area contributed by atoms with Crippen LogP contribution in [0.1, 0.15) is 26.0 Å². The lowest BCUT2D eigenvalue weighted by Gasteiger charge is -2.35. The summed E-state index contributed by atoms with van der Waals surface area (Å²) in [7, 11) is -3.42. The summed E-state index contributed by atoms with van der Waals surface area (Å²) in [6.07, 6.45) is 1.95. The number of hydrogen-bond acceptors (Lipinski definition) is 7. The molecule has 0 aliphatic carbocycles. The Morgan fingerprint density at radius 1 is 1.30 bits per heavy atom. The summed E-state index contributed by atoms with van der Waals surface area (Å²) in [5.74, 6) is 0.969.